The van der Waals surface area contributed by atoms with Gasteiger partial charge in [-0.15, -0.1) is 0 Å². The van der Waals surface area contributed by atoms with Crippen LogP contribution in [0.15, 0.2) is 114 Å². The highest BCUT2D eigenvalue weighted by Gasteiger charge is 2.40. The lowest BCUT2D eigenvalue weighted by atomic mass is 10.0. The van der Waals surface area contributed by atoms with Gasteiger partial charge in [0.15, 0.2) is 0 Å². The Kier molecular flexibility index (Phi) is 13.7. The zero-order valence-corrected chi connectivity index (χ0v) is 35.7. The summed E-state index contributed by atoms with van der Waals surface area (Å²) < 4.78 is 16.7. The lowest BCUT2D eigenvalue weighted by molar-refractivity contribution is -0.138. The van der Waals surface area contributed by atoms with Gasteiger partial charge in [-0.05, 0) is 113 Å². The molecule has 0 radical (unpaired) electrons. The number of ether oxygens (including phenoxy) is 2. The van der Waals surface area contributed by atoms with Crippen molar-refractivity contribution in [1.82, 2.24) is 20.4 Å². The molecule has 2 saturated heterocycles. The van der Waals surface area contributed by atoms with Crippen LogP contribution in [-0.4, -0.2) is 83.0 Å². The topological polar surface area (TPSA) is 189 Å². The van der Waals surface area contributed by atoms with Crippen LogP contribution < -0.4 is 21.3 Å². The van der Waals surface area contributed by atoms with E-state index < -0.39 is 48.2 Å². The SMILES string of the molecule is CC(C)OC(=O)N[C@@H](C(=O)N1CCCC1C(=O)Nc1ccc2oc(-c3ccc(NC(=O)[C@@H]4CCCN4C(=O)[C@H](NC(=O)OC(C)C)c4ccccc4)cc3)cc2c1)c1ccccc1. The van der Waals surface area contributed by atoms with Crippen LogP contribution in [-0.2, 0) is 28.7 Å². The third-order valence-corrected chi connectivity index (χ3v) is 10.9. The maximum absolute atomic E-state index is 14.0. The molecule has 328 valence electrons. The van der Waals surface area contributed by atoms with Crippen LogP contribution in [0.5, 0.6) is 0 Å². The third-order valence-electron chi connectivity index (χ3n) is 10.9. The summed E-state index contributed by atoms with van der Waals surface area (Å²) in [6.07, 6.45) is -0.0226. The van der Waals surface area contributed by atoms with Crippen molar-refractivity contribution in [1.29, 1.82) is 0 Å². The predicted molar refractivity (Wildman–Crippen MR) is 236 cm³/mol. The molecule has 4 aromatic carbocycles. The summed E-state index contributed by atoms with van der Waals surface area (Å²) in [5, 5.41) is 12.0. The average Bonchev–Trinajstić information content (AvgIpc) is 4.05. The molecule has 0 saturated carbocycles. The first-order valence-electron chi connectivity index (χ1n) is 21.3. The molecule has 0 aliphatic carbocycles. The molecule has 4 atom stereocenters. The van der Waals surface area contributed by atoms with Crippen LogP contribution in [0.3, 0.4) is 0 Å². The molecule has 1 aromatic heterocycles. The van der Waals surface area contributed by atoms with Crippen LogP contribution in [0.2, 0.25) is 0 Å². The lowest BCUT2D eigenvalue weighted by Crippen LogP contribution is -2.48. The van der Waals surface area contributed by atoms with E-state index in [1.54, 1.807) is 107 Å². The Hall–Kier alpha value is -7.16. The number of amides is 6. The number of fused-ring (bicyclic) bond motifs is 1. The van der Waals surface area contributed by atoms with E-state index in [1.165, 1.54) is 9.80 Å². The van der Waals surface area contributed by atoms with Crippen molar-refractivity contribution < 1.29 is 42.7 Å². The van der Waals surface area contributed by atoms with Crippen LogP contribution >= 0.6 is 0 Å². The zero-order valence-electron chi connectivity index (χ0n) is 35.7. The van der Waals surface area contributed by atoms with E-state index in [1.807, 2.05) is 30.3 Å². The highest BCUT2D eigenvalue weighted by molar-refractivity contribution is 6.01. The minimum atomic E-state index is -1.03. The molecule has 6 amide bonds. The monoisotopic (exact) mass is 856 g/mol. The van der Waals surface area contributed by atoms with Crippen molar-refractivity contribution in [2.75, 3.05) is 23.7 Å². The highest BCUT2D eigenvalue weighted by atomic mass is 16.6. The summed E-state index contributed by atoms with van der Waals surface area (Å²) in [7, 11) is 0. The molecular formula is C48H52N6O9. The van der Waals surface area contributed by atoms with Crippen LogP contribution in [0.25, 0.3) is 22.3 Å². The van der Waals surface area contributed by atoms with Gasteiger partial charge < -0.3 is 45.0 Å². The number of carbonyl (C=O) groups is 6. The van der Waals surface area contributed by atoms with Gasteiger partial charge in [-0.25, -0.2) is 9.59 Å². The molecule has 2 fully saturated rings. The molecule has 5 aromatic rings. The van der Waals surface area contributed by atoms with E-state index in [4.69, 9.17) is 13.9 Å². The molecule has 3 heterocycles. The molecule has 15 nitrogen and oxygen atoms in total. The number of nitrogens with one attached hydrogen (secondary N) is 4. The summed E-state index contributed by atoms with van der Waals surface area (Å²) in [5.74, 6) is -0.917. The van der Waals surface area contributed by atoms with E-state index in [0.29, 0.717) is 72.6 Å². The molecular weight excluding hydrogens is 805 g/mol. The van der Waals surface area contributed by atoms with Gasteiger partial charge in [-0.2, -0.15) is 0 Å². The van der Waals surface area contributed by atoms with Gasteiger partial charge in [-0.3, -0.25) is 19.2 Å². The average molecular weight is 857 g/mol. The van der Waals surface area contributed by atoms with Gasteiger partial charge in [0.25, 0.3) is 11.8 Å². The Morgan fingerprint density at radius 3 is 1.52 bits per heavy atom. The molecule has 4 N–H and O–H groups in total. The van der Waals surface area contributed by atoms with Crippen molar-refractivity contribution in [2.24, 2.45) is 0 Å². The fourth-order valence-corrected chi connectivity index (χ4v) is 7.97. The van der Waals surface area contributed by atoms with E-state index in [2.05, 4.69) is 21.3 Å². The van der Waals surface area contributed by atoms with Gasteiger partial charge in [0.1, 0.15) is 35.5 Å². The van der Waals surface area contributed by atoms with Gasteiger partial charge in [0, 0.05) is 35.4 Å². The van der Waals surface area contributed by atoms with Gasteiger partial charge in [-0.1, -0.05) is 60.7 Å². The lowest BCUT2D eigenvalue weighted by Gasteiger charge is -2.29. The second kappa shape index (κ2) is 19.7. The maximum atomic E-state index is 14.0. The first-order chi connectivity index (χ1) is 30.3. The molecule has 2 aliphatic rings. The molecule has 2 aliphatic heterocycles. The van der Waals surface area contributed by atoms with Crippen molar-refractivity contribution in [3.8, 4) is 11.3 Å². The minimum Gasteiger partial charge on any atom is -0.456 e. The van der Waals surface area contributed by atoms with E-state index in [0.717, 1.165) is 10.9 Å². The molecule has 63 heavy (non-hydrogen) atoms. The number of hydrogen-bond acceptors (Lipinski definition) is 9. The highest BCUT2D eigenvalue weighted by Crippen LogP contribution is 2.32. The third kappa shape index (κ3) is 10.7. The quantitative estimate of drug-likeness (QED) is 0.0920. The Labute approximate surface area is 365 Å². The van der Waals surface area contributed by atoms with Crippen molar-refractivity contribution in [3.63, 3.8) is 0 Å². The van der Waals surface area contributed by atoms with E-state index in [-0.39, 0.29) is 24.0 Å². The van der Waals surface area contributed by atoms with Crippen LogP contribution in [0, 0.1) is 0 Å². The summed E-state index contributed by atoms with van der Waals surface area (Å²) in [5.41, 5.74) is 3.55. The van der Waals surface area contributed by atoms with E-state index in [9.17, 15) is 28.8 Å². The van der Waals surface area contributed by atoms with Crippen LogP contribution in [0.1, 0.15) is 76.6 Å². The fourth-order valence-electron chi connectivity index (χ4n) is 7.97. The number of hydrogen-bond donors (Lipinski definition) is 4. The number of carbonyl (C=O) groups excluding carboxylic acids is 6. The van der Waals surface area contributed by atoms with Crippen molar-refractivity contribution in [2.45, 2.75) is 89.8 Å². The van der Waals surface area contributed by atoms with Crippen molar-refractivity contribution in [3.05, 3.63) is 120 Å². The largest absolute Gasteiger partial charge is 0.456 e. The fraction of sp³-hybridized carbons (Fsp3) is 0.333. The number of nitrogens with zero attached hydrogens (tertiary/aromatic N) is 2. The Balaban J connectivity index is 0.987. The zero-order chi connectivity index (χ0) is 44.6. The number of alkyl carbamates (subject to hydrolysis) is 2. The van der Waals surface area contributed by atoms with Gasteiger partial charge >= 0.3 is 12.2 Å². The Morgan fingerprint density at radius 2 is 1.05 bits per heavy atom. The van der Waals surface area contributed by atoms with Gasteiger partial charge in [0.2, 0.25) is 11.8 Å². The number of likely N-dealkylation sites (tertiary alicyclic amines) is 2. The number of anilines is 2. The predicted octanol–water partition coefficient (Wildman–Crippen LogP) is 7.71. The van der Waals surface area contributed by atoms with Crippen LogP contribution in [0.4, 0.5) is 21.0 Å². The normalized spacial score (nSPS) is 17.0. The second-order valence-corrected chi connectivity index (χ2v) is 16.2. The number of furan rings is 1. The number of rotatable bonds is 13. The Morgan fingerprint density at radius 1 is 0.587 bits per heavy atom. The minimum absolute atomic E-state index is 0.340. The van der Waals surface area contributed by atoms with Crippen molar-refractivity contribution >= 4 is 58.2 Å². The smallest absolute Gasteiger partial charge is 0.408 e. The van der Waals surface area contributed by atoms with E-state index >= 15 is 0 Å². The first-order valence-corrected chi connectivity index (χ1v) is 21.3. The summed E-state index contributed by atoms with van der Waals surface area (Å²) in [6, 6.07) is 28.5. The first kappa shape index (κ1) is 43.9. The molecule has 7 rings (SSSR count). The standard InChI is InChI=1S/C48H52N6O9/c1-29(2)61-47(59)51-41(32-13-7-5-8-14-32)45(57)53-25-11-17-37(53)43(55)49-35-21-19-31(20-22-35)40-28-34-27-36(23-24-39(34)63-40)50-44(56)38-18-12-26-54(38)46(58)42(33-15-9-6-10-16-33)52-48(60)62-30(3)4/h5-10,13-16,19-24,27-30,37-38,41-42H,11-12,17-18,25-26H2,1-4H3,(H,49,55)(H,50,56)(H,51,59)(H,52,60)/t37-,38?,41+,42+/m0/s1. The maximum Gasteiger partial charge on any atom is 0.408 e. The molecule has 0 spiro atoms. The summed E-state index contributed by atoms with van der Waals surface area (Å²) in [4.78, 5) is 83.4. The molecule has 1 unspecified atom stereocenters. The second-order valence-electron chi connectivity index (χ2n) is 16.2. The number of benzene rings is 4. The summed E-state index contributed by atoms with van der Waals surface area (Å²) in [6.45, 7) is 7.61. The van der Waals surface area contributed by atoms with Gasteiger partial charge in [0.05, 0.1) is 12.2 Å². The Bertz CT molecular complexity index is 2440. The molecule has 0 bridgehead atoms. The molecule has 15 heteroatoms. The summed E-state index contributed by atoms with van der Waals surface area (Å²) >= 11 is 0.